The molecule has 0 radical (unpaired) electrons. The summed E-state index contributed by atoms with van der Waals surface area (Å²) < 4.78 is 82.6. The number of aromatic nitrogens is 4. The van der Waals surface area contributed by atoms with Gasteiger partial charge < -0.3 is 14.5 Å². The normalized spacial score (nSPS) is 20.0. The van der Waals surface area contributed by atoms with E-state index in [1.54, 1.807) is 14.7 Å². The topological polar surface area (TPSA) is 108 Å². The van der Waals surface area contributed by atoms with Crippen LogP contribution in [0, 0.1) is 0 Å². The Balaban J connectivity index is 1.32. The lowest BCUT2D eigenvalue weighted by atomic mass is 10.2. The van der Waals surface area contributed by atoms with Gasteiger partial charge in [-0.15, -0.1) is 0 Å². The third-order valence-corrected chi connectivity index (χ3v) is 5.81. The quantitative estimate of drug-likeness (QED) is 0.598. The molecule has 10 nitrogen and oxygen atoms in total. The highest BCUT2D eigenvalue weighted by atomic mass is 19.4. The molecule has 0 saturated carbocycles. The predicted molar refractivity (Wildman–Crippen MR) is 111 cm³/mol. The van der Waals surface area contributed by atoms with Gasteiger partial charge in [0, 0.05) is 58.2 Å². The molecule has 2 aromatic rings. The maximum atomic E-state index is 13.0. The van der Waals surface area contributed by atoms with E-state index in [0.29, 0.717) is 38.1 Å². The molecule has 1 N–H and O–H groups in total. The fourth-order valence-corrected chi connectivity index (χ4v) is 3.92. The molecule has 0 aliphatic carbocycles. The Morgan fingerprint density at radius 3 is 2.31 bits per heavy atom. The number of ether oxygens (including phenoxy) is 1. The van der Waals surface area contributed by atoms with E-state index in [-0.39, 0.29) is 50.3 Å². The standard InChI is InChI=1S/C20H21F6N7O3/c21-19(22,23)12-8-27-18(28-9-12)33-3-1-32(2-4-33)17(35)15-11-31(5-6-36-15)10-13-7-14(20(24,25)26)16(34)30-29-13/h7-9,15H,1-6,10-11H2,(H,30,34)/t15-/m0/s1. The van der Waals surface area contributed by atoms with Gasteiger partial charge in [0.25, 0.3) is 11.5 Å². The van der Waals surface area contributed by atoms with Crippen molar-refractivity contribution in [2.45, 2.75) is 25.0 Å². The Labute approximate surface area is 199 Å². The highest BCUT2D eigenvalue weighted by Crippen LogP contribution is 2.29. The van der Waals surface area contributed by atoms with E-state index in [2.05, 4.69) is 15.1 Å². The second-order valence-electron chi connectivity index (χ2n) is 8.28. The van der Waals surface area contributed by atoms with Gasteiger partial charge in [-0.05, 0) is 6.07 Å². The lowest BCUT2D eigenvalue weighted by Gasteiger charge is -2.38. The van der Waals surface area contributed by atoms with Crippen molar-refractivity contribution in [3.8, 4) is 0 Å². The Bertz CT molecular complexity index is 1130. The number of alkyl halides is 6. The highest BCUT2D eigenvalue weighted by Gasteiger charge is 2.36. The molecule has 2 aromatic heterocycles. The first-order valence-corrected chi connectivity index (χ1v) is 10.8. The summed E-state index contributed by atoms with van der Waals surface area (Å²) >= 11 is 0. The number of amides is 1. The first-order chi connectivity index (χ1) is 16.9. The smallest absolute Gasteiger partial charge is 0.366 e. The molecule has 2 fully saturated rings. The third kappa shape index (κ3) is 5.92. The fraction of sp³-hybridized carbons (Fsp3) is 0.550. The average molecular weight is 521 g/mol. The van der Waals surface area contributed by atoms with Gasteiger partial charge in [-0.25, -0.2) is 15.1 Å². The second kappa shape index (κ2) is 10.0. The maximum absolute atomic E-state index is 13.0. The first kappa shape index (κ1) is 25.8. The summed E-state index contributed by atoms with van der Waals surface area (Å²) in [5, 5.41) is 5.52. The summed E-state index contributed by atoms with van der Waals surface area (Å²) in [5.74, 6) is -0.181. The number of aromatic amines is 1. The lowest BCUT2D eigenvalue weighted by molar-refractivity contribution is -0.150. The number of nitrogens with one attached hydrogen (secondary N) is 1. The average Bonchev–Trinajstić information content (AvgIpc) is 2.84. The number of hydrogen-bond donors (Lipinski definition) is 1. The van der Waals surface area contributed by atoms with Crippen LogP contribution in [0.25, 0.3) is 0 Å². The number of nitrogens with zero attached hydrogens (tertiary/aromatic N) is 6. The number of carbonyl (C=O) groups is 1. The molecule has 2 saturated heterocycles. The van der Waals surface area contributed by atoms with E-state index in [1.165, 1.54) is 0 Å². The van der Waals surface area contributed by atoms with Crippen molar-refractivity contribution in [1.29, 1.82) is 0 Å². The molecule has 0 aromatic carbocycles. The lowest BCUT2D eigenvalue weighted by Crippen LogP contribution is -2.56. The summed E-state index contributed by atoms with van der Waals surface area (Å²) in [7, 11) is 0. The van der Waals surface area contributed by atoms with Gasteiger partial charge in [-0.2, -0.15) is 31.4 Å². The summed E-state index contributed by atoms with van der Waals surface area (Å²) in [6, 6.07) is 0.688. The predicted octanol–water partition coefficient (Wildman–Crippen LogP) is 1.15. The van der Waals surface area contributed by atoms with Crippen LogP contribution in [-0.4, -0.2) is 87.9 Å². The van der Waals surface area contributed by atoms with Gasteiger partial charge in [-0.3, -0.25) is 14.5 Å². The zero-order chi connectivity index (χ0) is 26.1. The van der Waals surface area contributed by atoms with E-state index >= 15 is 0 Å². The second-order valence-corrected chi connectivity index (χ2v) is 8.28. The van der Waals surface area contributed by atoms with E-state index in [9.17, 15) is 35.9 Å². The summed E-state index contributed by atoms with van der Waals surface area (Å²) in [6.07, 6.45) is -8.79. The van der Waals surface area contributed by atoms with E-state index < -0.39 is 35.1 Å². The van der Waals surface area contributed by atoms with Crippen LogP contribution in [0.2, 0.25) is 0 Å². The number of piperazine rings is 1. The highest BCUT2D eigenvalue weighted by molar-refractivity contribution is 5.81. The van der Waals surface area contributed by atoms with Gasteiger partial charge >= 0.3 is 12.4 Å². The number of H-pyrrole nitrogens is 1. The van der Waals surface area contributed by atoms with Gasteiger partial charge in [-0.1, -0.05) is 0 Å². The maximum Gasteiger partial charge on any atom is 0.421 e. The van der Waals surface area contributed by atoms with Crippen LogP contribution < -0.4 is 10.5 Å². The van der Waals surface area contributed by atoms with Crippen LogP contribution in [0.4, 0.5) is 32.3 Å². The van der Waals surface area contributed by atoms with Crippen molar-refractivity contribution >= 4 is 11.9 Å². The van der Waals surface area contributed by atoms with Gasteiger partial charge in [0.15, 0.2) is 0 Å². The van der Waals surface area contributed by atoms with Gasteiger partial charge in [0.1, 0.15) is 11.7 Å². The first-order valence-electron chi connectivity index (χ1n) is 10.8. The van der Waals surface area contributed by atoms with Crippen LogP contribution in [0.15, 0.2) is 23.3 Å². The SMILES string of the molecule is O=C([C@@H]1CN(Cc2cc(C(F)(F)F)c(=O)[nH]n2)CCO1)N1CCN(c2ncc(C(F)(F)F)cn2)CC1. The molecule has 196 valence electrons. The van der Waals surface area contributed by atoms with Crippen molar-refractivity contribution in [2.24, 2.45) is 0 Å². The monoisotopic (exact) mass is 521 g/mol. The zero-order valence-corrected chi connectivity index (χ0v) is 18.6. The Hall–Kier alpha value is -3.27. The van der Waals surface area contributed by atoms with E-state index in [4.69, 9.17) is 4.74 Å². The summed E-state index contributed by atoms with van der Waals surface area (Å²) in [4.78, 5) is 36.8. The van der Waals surface area contributed by atoms with Crippen molar-refractivity contribution in [1.82, 2.24) is 30.0 Å². The third-order valence-electron chi connectivity index (χ3n) is 5.81. The Morgan fingerprint density at radius 2 is 1.69 bits per heavy atom. The molecule has 36 heavy (non-hydrogen) atoms. The minimum absolute atomic E-state index is 0.000167. The van der Waals surface area contributed by atoms with Gasteiger partial charge in [0.2, 0.25) is 5.95 Å². The fourth-order valence-electron chi connectivity index (χ4n) is 3.92. The van der Waals surface area contributed by atoms with Crippen molar-refractivity contribution in [3.63, 3.8) is 0 Å². The molecule has 2 aliphatic rings. The molecule has 16 heteroatoms. The summed E-state index contributed by atoms with van der Waals surface area (Å²) in [6.45, 7) is 1.74. The minimum Gasteiger partial charge on any atom is -0.366 e. The van der Waals surface area contributed by atoms with Crippen LogP contribution in [0.3, 0.4) is 0 Å². The van der Waals surface area contributed by atoms with Crippen LogP contribution in [0.5, 0.6) is 0 Å². The van der Waals surface area contributed by atoms with E-state index in [0.717, 1.165) is 0 Å². The number of hydrogen-bond acceptors (Lipinski definition) is 8. The van der Waals surface area contributed by atoms with Crippen LogP contribution in [-0.2, 0) is 28.4 Å². The zero-order valence-electron chi connectivity index (χ0n) is 18.6. The molecule has 1 amide bonds. The molecule has 0 bridgehead atoms. The molecule has 0 spiro atoms. The number of carbonyl (C=O) groups excluding carboxylic acids is 1. The molecule has 0 unspecified atom stereocenters. The Morgan fingerprint density at radius 1 is 1.03 bits per heavy atom. The molecule has 2 aliphatic heterocycles. The molecule has 4 rings (SSSR count). The van der Waals surface area contributed by atoms with Crippen LogP contribution in [0.1, 0.15) is 16.8 Å². The number of anilines is 1. The summed E-state index contributed by atoms with van der Waals surface area (Å²) in [5.41, 5.74) is -3.63. The number of halogens is 6. The molecular weight excluding hydrogens is 500 g/mol. The van der Waals surface area contributed by atoms with Crippen molar-refractivity contribution < 1.29 is 35.9 Å². The van der Waals surface area contributed by atoms with Crippen molar-refractivity contribution in [2.75, 3.05) is 50.8 Å². The molecule has 1 atom stereocenters. The van der Waals surface area contributed by atoms with E-state index in [1.807, 2.05) is 5.10 Å². The molecule has 4 heterocycles. The largest absolute Gasteiger partial charge is 0.421 e. The molecular formula is C20H21F6N7O3. The van der Waals surface area contributed by atoms with Crippen molar-refractivity contribution in [3.05, 3.63) is 45.6 Å². The van der Waals surface area contributed by atoms with Crippen LogP contribution >= 0.6 is 0 Å². The number of rotatable bonds is 4. The number of morpholine rings is 1. The minimum atomic E-state index is -4.82. The van der Waals surface area contributed by atoms with Gasteiger partial charge in [0.05, 0.1) is 17.9 Å². The Kier molecular flexibility index (Phi) is 7.17.